The van der Waals surface area contributed by atoms with Crippen LogP contribution in [-0.4, -0.2) is 22.8 Å². The van der Waals surface area contributed by atoms with Crippen molar-refractivity contribution in [3.8, 4) is 0 Å². The summed E-state index contributed by atoms with van der Waals surface area (Å²) in [5.74, 6) is -0.514. The zero-order valence-electron chi connectivity index (χ0n) is 13.4. The van der Waals surface area contributed by atoms with Crippen molar-refractivity contribution in [2.75, 3.05) is 4.90 Å². The van der Waals surface area contributed by atoms with Crippen LogP contribution in [0.5, 0.6) is 0 Å². The fourth-order valence-electron chi connectivity index (χ4n) is 3.36. The number of benzene rings is 1. The van der Waals surface area contributed by atoms with Gasteiger partial charge in [-0.25, -0.2) is 0 Å². The van der Waals surface area contributed by atoms with E-state index in [1.807, 2.05) is 31.2 Å². The van der Waals surface area contributed by atoms with E-state index in [4.69, 9.17) is 5.73 Å². The first kappa shape index (κ1) is 16.0. The number of aromatic amines is 1. The van der Waals surface area contributed by atoms with Gasteiger partial charge >= 0.3 is 0 Å². The minimum Gasteiger partial charge on any atom is -0.370 e. The van der Waals surface area contributed by atoms with Crippen LogP contribution in [0.4, 0.5) is 5.69 Å². The number of H-pyrrole nitrogens is 1. The number of para-hydroxylation sites is 1. The summed E-state index contributed by atoms with van der Waals surface area (Å²) in [5.41, 5.74) is 7.28. The fraction of sp³-hybridized carbons (Fsp3) is 0.278. The van der Waals surface area contributed by atoms with Crippen LogP contribution in [0.2, 0.25) is 0 Å². The van der Waals surface area contributed by atoms with Crippen LogP contribution in [0.3, 0.4) is 0 Å². The van der Waals surface area contributed by atoms with Gasteiger partial charge in [0, 0.05) is 30.4 Å². The molecule has 1 aromatic heterocycles. The van der Waals surface area contributed by atoms with Crippen molar-refractivity contribution in [3.63, 3.8) is 0 Å². The number of aromatic nitrogens is 1. The molecule has 2 amide bonds. The predicted molar refractivity (Wildman–Crippen MR) is 90.9 cm³/mol. The molecule has 3 N–H and O–H groups in total. The lowest BCUT2D eigenvalue weighted by Crippen LogP contribution is -2.43. The summed E-state index contributed by atoms with van der Waals surface area (Å²) in [4.78, 5) is 39.7. The number of nitrogens with zero attached hydrogens (tertiary/aromatic N) is 1. The average Bonchev–Trinajstić information content (AvgIpc) is 2.54. The number of hydrogen-bond donors (Lipinski definition) is 2. The highest BCUT2D eigenvalue weighted by Gasteiger charge is 2.34. The maximum atomic E-state index is 12.9. The van der Waals surface area contributed by atoms with E-state index < -0.39 is 0 Å². The summed E-state index contributed by atoms with van der Waals surface area (Å²) < 4.78 is 0. The first-order chi connectivity index (χ1) is 11.5. The molecule has 2 heterocycles. The number of amides is 2. The number of fused-ring (bicyclic) bond motifs is 1. The summed E-state index contributed by atoms with van der Waals surface area (Å²) in [6, 6.07) is 10.3. The minimum absolute atomic E-state index is 0.00771. The molecule has 6 heteroatoms. The van der Waals surface area contributed by atoms with Crippen molar-refractivity contribution in [2.24, 2.45) is 5.73 Å². The number of rotatable bonds is 3. The SMILES string of the molecule is C[C@H]1C[C@H](CC(N)=O)c2ccccc2N1C(=O)c1ccc(=O)[nH]c1. The Morgan fingerprint density at radius 1 is 1.25 bits per heavy atom. The third-order valence-corrected chi connectivity index (χ3v) is 4.40. The standard InChI is InChI=1S/C18H19N3O3/c1-11-8-13(9-16(19)22)14-4-2-3-5-15(14)21(11)18(24)12-6-7-17(23)20-10-12/h2-7,10-11,13H,8-9H2,1H3,(H2,19,22)(H,20,23)/t11-,13+/m0/s1. The average molecular weight is 325 g/mol. The Balaban J connectivity index is 2.01. The van der Waals surface area contributed by atoms with Crippen LogP contribution in [0.15, 0.2) is 47.4 Å². The molecule has 0 aliphatic carbocycles. The molecule has 24 heavy (non-hydrogen) atoms. The lowest BCUT2D eigenvalue weighted by Gasteiger charge is -2.39. The minimum atomic E-state index is -0.345. The summed E-state index contributed by atoms with van der Waals surface area (Å²) in [6.45, 7) is 1.95. The van der Waals surface area contributed by atoms with E-state index in [1.165, 1.54) is 18.3 Å². The molecule has 2 atom stereocenters. The maximum Gasteiger partial charge on any atom is 0.260 e. The largest absolute Gasteiger partial charge is 0.370 e. The van der Waals surface area contributed by atoms with Gasteiger partial charge in [-0.3, -0.25) is 14.4 Å². The van der Waals surface area contributed by atoms with Crippen LogP contribution in [-0.2, 0) is 4.79 Å². The highest BCUT2D eigenvalue weighted by Crippen LogP contribution is 2.40. The third-order valence-electron chi connectivity index (χ3n) is 4.40. The van der Waals surface area contributed by atoms with E-state index >= 15 is 0 Å². The zero-order valence-corrected chi connectivity index (χ0v) is 13.4. The summed E-state index contributed by atoms with van der Waals surface area (Å²) >= 11 is 0. The zero-order chi connectivity index (χ0) is 17.3. The molecule has 1 aliphatic rings. The molecule has 0 saturated heterocycles. The van der Waals surface area contributed by atoms with Crippen molar-refractivity contribution >= 4 is 17.5 Å². The second kappa shape index (κ2) is 6.31. The Bertz CT molecular complexity index is 823. The van der Waals surface area contributed by atoms with E-state index in [9.17, 15) is 14.4 Å². The number of nitrogens with two attached hydrogens (primary N) is 1. The Labute approximate surface area is 139 Å². The summed E-state index contributed by atoms with van der Waals surface area (Å²) in [5, 5.41) is 0. The number of carbonyl (C=O) groups excluding carboxylic acids is 2. The van der Waals surface area contributed by atoms with Crippen LogP contribution in [0.1, 0.15) is 41.6 Å². The Hall–Kier alpha value is -2.89. The van der Waals surface area contributed by atoms with Gasteiger partial charge in [0.15, 0.2) is 0 Å². The smallest absolute Gasteiger partial charge is 0.260 e. The Morgan fingerprint density at radius 2 is 2.00 bits per heavy atom. The van der Waals surface area contributed by atoms with Gasteiger partial charge < -0.3 is 15.6 Å². The number of pyridine rings is 1. The number of carbonyl (C=O) groups is 2. The van der Waals surface area contributed by atoms with Gasteiger partial charge in [0.2, 0.25) is 11.5 Å². The second-order valence-electron chi connectivity index (χ2n) is 6.13. The van der Waals surface area contributed by atoms with E-state index in [2.05, 4.69) is 4.98 Å². The van der Waals surface area contributed by atoms with Crippen molar-refractivity contribution in [1.82, 2.24) is 4.98 Å². The van der Waals surface area contributed by atoms with E-state index in [0.717, 1.165) is 11.3 Å². The molecule has 0 spiro atoms. The van der Waals surface area contributed by atoms with Gasteiger partial charge in [0.1, 0.15) is 0 Å². The van der Waals surface area contributed by atoms with Crippen molar-refractivity contribution in [1.29, 1.82) is 0 Å². The second-order valence-corrected chi connectivity index (χ2v) is 6.13. The normalized spacial score (nSPS) is 19.6. The molecule has 0 saturated carbocycles. The van der Waals surface area contributed by atoms with Gasteiger partial charge in [0.05, 0.1) is 5.56 Å². The first-order valence-corrected chi connectivity index (χ1v) is 7.87. The topological polar surface area (TPSA) is 96.3 Å². The molecule has 124 valence electrons. The van der Waals surface area contributed by atoms with Crippen molar-refractivity contribution in [3.05, 3.63) is 64.1 Å². The molecule has 0 bridgehead atoms. The number of primary amides is 1. The highest BCUT2D eigenvalue weighted by atomic mass is 16.2. The number of nitrogens with one attached hydrogen (secondary N) is 1. The Morgan fingerprint density at radius 3 is 2.67 bits per heavy atom. The van der Waals surface area contributed by atoms with Gasteiger partial charge in [-0.15, -0.1) is 0 Å². The molecule has 3 rings (SSSR count). The van der Waals surface area contributed by atoms with E-state index in [-0.39, 0.29) is 35.8 Å². The number of anilines is 1. The van der Waals surface area contributed by atoms with Gasteiger partial charge in [-0.2, -0.15) is 0 Å². The Kier molecular flexibility index (Phi) is 4.20. The summed E-state index contributed by atoms with van der Waals surface area (Å²) in [7, 11) is 0. The molecule has 0 radical (unpaired) electrons. The molecular weight excluding hydrogens is 306 g/mol. The molecule has 6 nitrogen and oxygen atoms in total. The molecule has 1 aromatic carbocycles. The number of hydrogen-bond acceptors (Lipinski definition) is 3. The van der Waals surface area contributed by atoms with Crippen molar-refractivity contribution in [2.45, 2.75) is 31.7 Å². The van der Waals surface area contributed by atoms with Crippen molar-refractivity contribution < 1.29 is 9.59 Å². The quantitative estimate of drug-likeness (QED) is 0.900. The van der Waals surface area contributed by atoms with Crippen LogP contribution in [0, 0.1) is 0 Å². The fourth-order valence-corrected chi connectivity index (χ4v) is 3.36. The van der Waals surface area contributed by atoms with Crippen LogP contribution >= 0.6 is 0 Å². The van der Waals surface area contributed by atoms with Gasteiger partial charge in [0.25, 0.3) is 5.91 Å². The third kappa shape index (κ3) is 2.95. The predicted octanol–water partition coefficient (Wildman–Crippen LogP) is 1.77. The lowest BCUT2D eigenvalue weighted by atomic mass is 9.83. The van der Waals surface area contributed by atoms with Gasteiger partial charge in [-0.05, 0) is 37.0 Å². The van der Waals surface area contributed by atoms with E-state index in [0.29, 0.717) is 12.0 Å². The monoisotopic (exact) mass is 325 g/mol. The lowest BCUT2D eigenvalue weighted by molar-refractivity contribution is -0.118. The van der Waals surface area contributed by atoms with Crippen LogP contribution in [0.25, 0.3) is 0 Å². The molecule has 2 aromatic rings. The molecular formula is C18H19N3O3. The first-order valence-electron chi connectivity index (χ1n) is 7.87. The maximum absolute atomic E-state index is 12.9. The van der Waals surface area contributed by atoms with E-state index in [1.54, 1.807) is 4.90 Å². The molecule has 0 fully saturated rings. The highest BCUT2D eigenvalue weighted by molar-refractivity contribution is 6.07. The molecule has 1 aliphatic heterocycles. The summed E-state index contributed by atoms with van der Waals surface area (Å²) in [6.07, 6.45) is 2.35. The molecule has 0 unspecified atom stereocenters. The van der Waals surface area contributed by atoms with Crippen LogP contribution < -0.4 is 16.2 Å². The van der Waals surface area contributed by atoms with Gasteiger partial charge in [-0.1, -0.05) is 18.2 Å².